The van der Waals surface area contributed by atoms with Crippen LogP contribution in [0.5, 0.6) is 0 Å². The third-order valence-corrected chi connectivity index (χ3v) is 5.23. The zero-order valence-corrected chi connectivity index (χ0v) is 16.5. The molecule has 9 heteroatoms. The van der Waals surface area contributed by atoms with Crippen LogP contribution in [-0.4, -0.2) is 63.1 Å². The van der Waals surface area contributed by atoms with Crippen LogP contribution in [0.25, 0.3) is 0 Å². The van der Waals surface area contributed by atoms with Crippen LogP contribution in [-0.2, 0) is 11.8 Å². The van der Waals surface area contributed by atoms with Crippen molar-refractivity contribution in [1.29, 1.82) is 0 Å². The quantitative estimate of drug-likeness (QED) is 0.723. The molecule has 2 fully saturated rings. The van der Waals surface area contributed by atoms with Crippen molar-refractivity contribution in [2.75, 3.05) is 24.5 Å². The maximum absolute atomic E-state index is 13.3. The molecule has 0 aliphatic carbocycles. The van der Waals surface area contributed by atoms with E-state index in [4.69, 9.17) is 0 Å². The molecule has 1 aromatic carbocycles. The second kappa shape index (κ2) is 6.68. The van der Waals surface area contributed by atoms with E-state index in [2.05, 4.69) is 5.10 Å². The van der Waals surface area contributed by atoms with E-state index in [0.29, 0.717) is 24.5 Å². The van der Waals surface area contributed by atoms with E-state index in [-0.39, 0.29) is 12.5 Å². The maximum Gasteiger partial charge on any atom is 0.332 e. The zero-order valence-electron chi connectivity index (χ0n) is 16.5. The molecule has 0 spiro atoms. The van der Waals surface area contributed by atoms with Gasteiger partial charge in [-0.1, -0.05) is 13.8 Å². The fourth-order valence-corrected chi connectivity index (χ4v) is 3.97. The Labute approximate surface area is 167 Å². The third-order valence-electron chi connectivity index (χ3n) is 5.23. The van der Waals surface area contributed by atoms with Crippen LogP contribution in [0, 0.1) is 11.2 Å². The highest BCUT2D eigenvalue weighted by Gasteiger charge is 2.50. The average molecular weight is 399 g/mol. The lowest BCUT2D eigenvalue weighted by molar-refractivity contribution is -0.119. The monoisotopic (exact) mass is 399 g/mol. The molecule has 4 amide bonds. The second-order valence-electron chi connectivity index (χ2n) is 8.30. The van der Waals surface area contributed by atoms with Gasteiger partial charge < -0.3 is 9.80 Å². The number of amides is 4. The van der Waals surface area contributed by atoms with Crippen molar-refractivity contribution in [2.45, 2.75) is 19.9 Å². The topological polar surface area (TPSA) is 78.8 Å². The molecular weight excluding hydrogens is 377 g/mol. The number of hydrogen-bond donors (Lipinski definition) is 0. The van der Waals surface area contributed by atoms with Crippen LogP contribution in [0.15, 0.2) is 36.5 Å². The second-order valence-corrected chi connectivity index (χ2v) is 8.30. The predicted octanol–water partition coefficient (Wildman–Crippen LogP) is 1.88. The van der Waals surface area contributed by atoms with E-state index in [1.807, 2.05) is 13.8 Å². The van der Waals surface area contributed by atoms with E-state index < -0.39 is 29.2 Å². The molecule has 3 heterocycles. The summed E-state index contributed by atoms with van der Waals surface area (Å²) in [4.78, 5) is 43.3. The SMILES string of the molecule is Cn1ccc(C(=O)N2CC3C(=O)N(c4ccc(F)cc4)C(=O)N3CC(C)(C)C2)n1. The van der Waals surface area contributed by atoms with Crippen molar-refractivity contribution in [1.82, 2.24) is 19.6 Å². The fourth-order valence-electron chi connectivity index (χ4n) is 3.97. The zero-order chi connectivity index (χ0) is 20.9. The van der Waals surface area contributed by atoms with E-state index >= 15 is 0 Å². The molecule has 0 radical (unpaired) electrons. The van der Waals surface area contributed by atoms with Gasteiger partial charge in [0.1, 0.15) is 17.6 Å². The first-order valence-electron chi connectivity index (χ1n) is 9.35. The number of carbonyl (C=O) groups is 3. The van der Waals surface area contributed by atoms with Gasteiger partial charge in [0.25, 0.3) is 11.8 Å². The summed E-state index contributed by atoms with van der Waals surface area (Å²) in [6, 6.07) is 5.61. The van der Waals surface area contributed by atoms with Crippen molar-refractivity contribution >= 4 is 23.5 Å². The number of rotatable bonds is 2. The largest absolute Gasteiger partial charge is 0.334 e. The van der Waals surface area contributed by atoms with Gasteiger partial charge in [-0.15, -0.1) is 0 Å². The number of urea groups is 1. The molecule has 1 atom stereocenters. The summed E-state index contributed by atoms with van der Waals surface area (Å²) in [5.41, 5.74) is 0.187. The number of nitrogens with zero attached hydrogens (tertiary/aromatic N) is 5. The van der Waals surface area contributed by atoms with Crippen LogP contribution in [0.2, 0.25) is 0 Å². The summed E-state index contributed by atoms with van der Waals surface area (Å²) in [7, 11) is 1.73. The minimum Gasteiger partial charge on any atom is -0.334 e. The van der Waals surface area contributed by atoms with Gasteiger partial charge in [-0.3, -0.25) is 14.3 Å². The van der Waals surface area contributed by atoms with Crippen LogP contribution in [0.1, 0.15) is 24.3 Å². The van der Waals surface area contributed by atoms with E-state index in [0.717, 1.165) is 4.90 Å². The highest BCUT2D eigenvalue weighted by atomic mass is 19.1. The first kappa shape index (κ1) is 19.1. The van der Waals surface area contributed by atoms with Crippen LogP contribution in [0.4, 0.5) is 14.9 Å². The molecule has 1 unspecified atom stereocenters. The van der Waals surface area contributed by atoms with Crippen molar-refractivity contribution < 1.29 is 18.8 Å². The standard InChI is InChI=1S/C20H22FN5O3/c1-20(2)11-24(17(27)15-8-9-23(3)22-15)10-16-18(28)26(19(29)25(16)12-20)14-6-4-13(21)5-7-14/h4-9,16H,10-12H2,1-3H3. The maximum atomic E-state index is 13.3. The summed E-state index contributed by atoms with van der Waals surface area (Å²) >= 11 is 0. The smallest absolute Gasteiger partial charge is 0.332 e. The molecule has 2 aliphatic rings. The van der Waals surface area contributed by atoms with Gasteiger partial charge in [-0.2, -0.15) is 5.10 Å². The Morgan fingerprint density at radius 1 is 1.14 bits per heavy atom. The van der Waals surface area contributed by atoms with Crippen molar-refractivity contribution in [3.8, 4) is 0 Å². The molecule has 152 valence electrons. The number of aryl methyl sites for hydroxylation is 1. The molecule has 2 aromatic rings. The van der Waals surface area contributed by atoms with Gasteiger partial charge in [-0.05, 0) is 30.3 Å². The fraction of sp³-hybridized carbons (Fsp3) is 0.400. The summed E-state index contributed by atoms with van der Waals surface area (Å²) in [5.74, 6) is -1.14. The number of imide groups is 1. The normalized spacial score (nSPS) is 21.4. The lowest BCUT2D eigenvalue weighted by Crippen LogP contribution is -2.44. The number of anilines is 1. The molecule has 0 N–H and O–H groups in total. The van der Waals surface area contributed by atoms with Gasteiger partial charge in [0, 0.05) is 31.7 Å². The van der Waals surface area contributed by atoms with Gasteiger partial charge >= 0.3 is 6.03 Å². The Morgan fingerprint density at radius 3 is 2.45 bits per heavy atom. The van der Waals surface area contributed by atoms with Crippen LogP contribution >= 0.6 is 0 Å². The highest BCUT2D eigenvalue weighted by Crippen LogP contribution is 2.33. The molecular formula is C20H22FN5O3. The summed E-state index contributed by atoms with van der Waals surface area (Å²) in [6.07, 6.45) is 1.68. The number of aromatic nitrogens is 2. The Morgan fingerprint density at radius 2 is 1.83 bits per heavy atom. The van der Waals surface area contributed by atoms with Gasteiger partial charge in [-0.25, -0.2) is 14.1 Å². The minimum absolute atomic E-state index is 0.0844. The minimum atomic E-state index is -0.790. The Hall–Kier alpha value is -3.23. The summed E-state index contributed by atoms with van der Waals surface area (Å²) in [6.45, 7) is 4.71. The number of benzene rings is 1. The van der Waals surface area contributed by atoms with Gasteiger partial charge in [0.2, 0.25) is 0 Å². The Bertz CT molecular complexity index is 984. The van der Waals surface area contributed by atoms with Gasteiger partial charge in [0.15, 0.2) is 0 Å². The van der Waals surface area contributed by atoms with E-state index in [1.165, 1.54) is 29.2 Å². The predicted molar refractivity (Wildman–Crippen MR) is 103 cm³/mol. The number of hydrogen-bond acceptors (Lipinski definition) is 4. The van der Waals surface area contributed by atoms with Crippen LogP contribution in [0.3, 0.4) is 0 Å². The molecule has 29 heavy (non-hydrogen) atoms. The lowest BCUT2D eigenvalue weighted by Gasteiger charge is -2.30. The Balaban J connectivity index is 1.66. The van der Waals surface area contributed by atoms with Crippen molar-refractivity contribution in [3.05, 3.63) is 48.0 Å². The molecule has 1 aromatic heterocycles. The van der Waals surface area contributed by atoms with Crippen molar-refractivity contribution in [3.63, 3.8) is 0 Å². The van der Waals surface area contributed by atoms with Crippen molar-refractivity contribution in [2.24, 2.45) is 12.5 Å². The lowest BCUT2D eigenvalue weighted by atomic mass is 9.92. The Kier molecular flexibility index (Phi) is 4.40. The molecule has 8 nitrogen and oxygen atoms in total. The van der Waals surface area contributed by atoms with Crippen LogP contribution < -0.4 is 4.90 Å². The van der Waals surface area contributed by atoms with Gasteiger partial charge in [0.05, 0.1) is 12.2 Å². The number of halogens is 1. The first-order valence-corrected chi connectivity index (χ1v) is 9.35. The van der Waals surface area contributed by atoms with E-state index in [1.54, 1.807) is 28.9 Å². The third kappa shape index (κ3) is 3.37. The highest BCUT2D eigenvalue weighted by molar-refractivity contribution is 6.21. The number of fused-ring (bicyclic) bond motifs is 1. The molecule has 4 rings (SSSR count). The molecule has 0 saturated carbocycles. The summed E-state index contributed by atoms with van der Waals surface area (Å²) < 4.78 is 14.8. The summed E-state index contributed by atoms with van der Waals surface area (Å²) in [5, 5.41) is 4.17. The molecule has 2 saturated heterocycles. The first-order chi connectivity index (χ1) is 13.7. The van der Waals surface area contributed by atoms with E-state index in [9.17, 15) is 18.8 Å². The number of carbonyl (C=O) groups excluding carboxylic acids is 3. The average Bonchev–Trinajstić information content (AvgIpc) is 3.13. The molecule has 2 aliphatic heterocycles. The molecule has 0 bridgehead atoms.